The number of rotatable bonds is 4. The maximum atomic E-state index is 10.8. The Hall–Kier alpha value is -0.870. The predicted molar refractivity (Wildman–Crippen MR) is 75.0 cm³/mol. The normalized spacial score (nSPS) is 12.4. The minimum absolute atomic E-state index is 0.318. The number of carbonyl (C=O) groups is 1. The molecule has 0 fully saturated rings. The SMILES string of the molecule is COC(c1cccc(Cl)c1)c1cc(C=O)sc1Cl. The molecule has 0 amide bonds. The van der Waals surface area contributed by atoms with Gasteiger partial charge in [-0.15, -0.1) is 11.3 Å². The van der Waals surface area contributed by atoms with Crippen LogP contribution in [0.4, 0.5) is 0 Å². The van der Waals surface area contributed by atoms with Gasteiger partial charge in [-0.25, -0.2) is 0 Å². The van der Waals surface area contributed by atoms with Crippen LogP contribution in [0.1, 0.15) is 26.9 Å². The number of halogens is 2. The van der Waals surface area contributed by atoms with E-state index < -0.39 is 0 Å². The van der Waals surface area contributed by atoms with Crippen molar-refractivity contribution in [3.63, 3.8) is 0 Å². The summed E-state index contributed by atoms with van der Waals surface area (Å²) in [6.45, 7) is 0. The van der Waals surface area contributed by atoms with Crippen molar-refractivity contribution in [2.24, 2.45) is 0 Å². The average Bonchev–Trinajstić information content (AvgIpc) is 2.72. The molecule has 2 aromatic rings. The number of methoxy groups -OCH3 is 1. The number of carbonyl (C=O) groups excluding carboxylic acids is 1. The monoisotopic (exact) mass is 300 g/mol. The van der Waals surface area contributed by atoms with Gasteiger partial charge in [0.15, 0.2) is 6.29 Å². The fourth-order valence-corrected chi connectivity index (χ4v) is 3.10. The van der Waals surface area contributed by atoms with Crippen LogP contribution < -0.4 is 0 Å². The molecule has 0 spiro atoms. The predicted octanol–water partition coefficient (Wildman–Crippen LogP) is 4.60. The van der Waals surface area contributed by atoms with E-state index in [4.69, 9.17) is 27.9 Å². The number of hydrogen-bond donors (Lipinski definition) is 0. The van der Waals surface area contributed by atoms with Gasteiger partial charge in [0.2, 0.25) is 0 Å². The van der Waals surface area contributed by atoms with Crippen LogP contribution >= 0.6 is 34.5 Å². The van der Waals surface area contributed by atoms with E-state index in [1.807, 2.05) is 18.2 Å². The summed E-state index contributed by atoms with van der Waals surface area (Å²) in [5, 5.41) is 0.636. The van der Waals surface area contributed by atoms with Gasteiger partial charge in [-0.2, -0.15) is 0 Å². The highest BCUT2D eigenvalue weighted by molar-refractivity contribution is 7.17. The molecule has 0 aliphatic rings. The van der Waals surface area contributed by atoms with Crippen molar-refractivity contribution in [2.75, 3.05) is 7.11 Å². The van der Waals surface area contributed by atoms with Crippen molar-refractivity contribution in [3.05, 3.63) is 55.7 Å². The number of thiophene rings is 1. The van der Waals surface area contributed by atoms with Crippen LogP contribution in [0.2, 0.25) is 9.36 Å². The highest BCUT2D eigenvalue weighted by Crippen LogP contribution is 2.36. The Morgan fingerprint density at radius 2 is 2.11 bits per heavy atom. The summed E-state index contributed by atoms with van der Waals surface area (Å²) in [7, 11) is 1.60. The van der Waals surface area contributed by atoms with Crippen LogP contribution in [-0.4, -0.2) is 13.4 Å². The smallest absolute Gasteiger partial charge is 0.160 e. The van der Waals surface area contributed by atoms with E-state index in [1.54, 1.807) is 19.2 Å². The lowest BCUT2D eigenvalue weighted by Crippen LogP contribution is -2.02. The Morgan fingerprint density at radius 1 is 1.33 bits per heavy atom. The van der Waals surface area contributed by atoms with Crippen molar-refractivity contribution in [1.29, 1.82) is 0 Å². The van der Waals surface area contributed by atoms with Crippen molar-refractivity contribution in [3.8, 4) is 0 Å². The molecule has 0 aliphatic heterocycles. The molecule has 0 saturated carbocycles. The molecule has 0 radical (unpaired) electrons. The third-order valence-corrected chi connectivity index (χ3v) is 4.07. The lowest BCUT2D eigenvalue weighted by molar-refractivity contribution is 0.112. The molecular weight excluding hydrogens is 291 g/mol. The van der Waals surface area contributed by atoms with Crippen LogP contribution in [0.15, 0.2) is 30.3 Å². The van der Waals surface area contributed by atoms with Gasteiger partial charge in [0.25, 0.3) is 0 Å². The third kappa shape index (κ3) is 2.75. The zero-order valence-electron chi connectivity index (χ0n) is 9.52. The van der Waals surface area contributed by atoms with E-state index in [0.29, 0.717) is 14.2 Å². The van der Waals surface area contributed by atoms with Crippen molar-refractivity contribution < 1.29 is 9.53 Å². The van der Waals surface area contributed by atoms with E-state index in [0.717, 1.165) is 17.4 Å². The molecule has 0 saturated heterocycles. The minimum atomic E-state index is -0.318. The van der Waals surface area contributed by atoms with Crippen LogP contribution in [0, 0.1) is 0 Å². The average molecular weight is 301 g/mol. The highest BCUT2D eigenvalue weighted by atomic mass is 35.5. The van der Waals surface area contributed by atoms with Gasteiger partial charge in [-0.3, -0.25) is 4.79 Å². The van der Waals surface area contributed by atoms with Gasteiger partial charge in [-0.05, 0) is 23.8 Å². The second kappa shape index (κ2) is 5.85. The maximum absolute atomic E-state index is 10.8. The molecule has 94 valence electrons. The van der Waals surface area contributed by atoms with Gasteiger partial charge in [0.05, 0.1) is 9.21 Å². The Bertz CT molecular complexity index is 566. The molecular formula is C13H10Cl2O2S. The van der Waals surface area contributed by atoms with E-state index in [1.165, 1.54) is 11.3 Å². The number of benzene rings is 1. The largest absolute Gasteiger partial charge is 0.372 e. The molecule has 1 atom stereocenters. The first kappa shape index (κ1) is 13.6. The first-order chi connectivity index (χ1) is 8.65. The molecule has 2 nitrogen and oxygen atoms in total. The van der Waals surface area contributed by atoms with Crippen molar-refractivity contribution in [1.82, 2.24) is 0 Å². The summed E-state index contributed by atoms with van der Waals surface area (Å²) in [5.41, 5.74) is 1.69. The molecule has 0 N–H and O–H groups in total. The van der Waals surface area contributed by atoms with Crippen LogP contribution in [0.5, 0.6) is 0 Å². The summed E-state index contributed by atoms with van der Waals surface area (Å²) in [6, 6.07) is 9.13. The third-order valence-electron chi connectivity index (χ3n) is 2.52. The molecule has 0 bridgehead atoms. The van der Waals surface area contributed by atoms with E-state index >= 15 is 0 Å². The van der Waals surface area contributed by atoms with Crippen LogP contribution in [-0.2, 0) is 4.74 Å². The second-order valence-electron chi connectivity index (χ2n) is 3.67. The Morgan fingerprint density at radius 3 is 2.67 bits per heavy atom. The topological polar surface area (TPSA) is 26.3 Å². The molecule has 1 heterocycles. The molecule has 1 unspecified atom stereocenters. The first-order valence-corrected chi connectivity index (χ1v) is 6.75. The van der Waals surface area contributed by atoms with Crippen molar-refractivity contribution >= 4 is 40.8 Å². The van der Waals surface area contributed by atoms with E-state index in [9.17, 15) is 4.79 Å². The molecule has 18 heavy (non-hydrogen) atoms. The fourth-order valence-electron chi connectivity index (χ4n) is 1.75. The summed E-state index contributed by atoms with van der Waals surface area (Å²) in [6.07, 6.45) is 0.464. The summed E-state index contributed by atoms with van der Waals surface area (Å²) in [5.74, 6) is 0. The molecule has 1 aromatic carbocycles. The maximum Gasteiger partial charge on any atom is 0.160 e. The standard InChI is InChI=1S/C13H10Cl2O2S/c1-17-12(8-3-2-4-9(14)5-8)11-6-10(7-16)18-13(11)15/h2-7,12H,1H3. The highest BCUT2D eigenvalue weighted by Gasteiger charge is 2.19. The van der Waals surface area contributed by atoms with E-state index in [2.05, 4.69) is 0 Å². The Labute approximate surface area is 119 Å². The minimum Gasteiger partial charge on any atom is -0.372 e. The Kier molecular flexibility index (Phi) is 4.40. The first-order valence-electron chi connectivity index (χ1n) is 5.18. The number of ether oxygens (including phenoxy) is 1. The van der Waals surface area contributed by atoms with Crippen LogP contribution in [0.3, 0.4) is 0 Å². The molecule has 2 rings (SSSR count). The summed E-state index contributed by atoms with van der Waals surface area (Å²) >= 11 is 13.3. The second-order valence-corrected chi connectivity index (χ2v) is 5.79. The van der Waals surface area contributed by atoms with Gasteiger partial charge in [0, 0.05) is 17.7 Å². The van der Waals surface area contributed by atoms with E-state index in [-0.39, 0.29) is 6.10 Å². The molecule has 5 heteroatoms. The molecule has 0 aliphatic carbocycles. The zero-order chi connectivity index (χ0) is 13.1. The van der Waals surface area contributed by atoms with Crippen LogP contribution in [0.25, 0.3) is 0 Å². The summed E-state index contributed by atoms with van der Waals surface area (Å²) in [4.78, 5) is 11.3. The summed E-state index contributed by atoms with van der Waals surface area (Å²) < 4.78 is 6.02. The fraction of sp³-hybridized carbons (Fsp3) is 0.154. The van der Waals surface area contributed by atoms with Gasteiger partial charge in [-0.1, -0.05) is 35.3 Å². The van der Waals surface area contributed by atoms with Gasteiger partial charge >= 0.3 is 0 Å². The lowest BCUT2D eigenvalue weighted by atomic mass is 10.0. The quantitative estimate of drug-likeness (QED) is 0.771. The van der Waals surface area contributed by atoms with Crippen molar-refractivity contribution in [2.45, 2.75) is 6.10 Å². The zero-order valence-corrected chi connectivity index (χ0v) is 11.9. The lowest BCUT2D eigenvalue weighted by Gasteiger charge is -2.15. The van der Waals surface area contributed by atoms with Gasteiger partial charge < -0.3 is 4.74 Å². The number of aldehydes is 1. The number of hydrogen-bond acceptors (Lipinski definition) is 3. The molecule has 1 aromatic heterocycles. The van der Waals surface area contributed by atoms with Gasteiger partial charge in [0.1, 0.15) is 6.10 Å². The Balaban J connectivity index is 2.44.